The Balaban J connectivity index is 3.10. The van der Waals surface area contributed by atoms with Crippen molar-refractivity contribution < 1.29 is 18.9 Å². The smallest absolute Gasteiger partial charge is 0.404 e. The summed E-state index contributed by atoms with van der Waals surface area (Å²) in [5, 5.41) is 0.581. The van der Waals surface area contributed by atoms with Crippen LogP contribution >= 0.6 is 19.4 Å². The Bertz CT molecular complexity index is 484. The van der Waals surface area contributed by atoms with E-state index in [-0.39, 0.29) is 5.75 Å². The van der Waals surface area contributed by atoms with E-state index in [1.807, 2.05) is 0 Å². The fourth-order valence-corrected chi connectivity index (χ4v) is 2.78. The van der Waals surface area contributed by atoms with Crippen molar-refractivity contribution >= 4 is 19.4 Å². The van der Waals surface area contributed by atoms with Gasteiger partial charge in [-0.05, 0) is 37.3 Å². The van der Waals surface area contributed by atoms with Crippen LogP contribution in [0.25, 0.3) is 0 Å². The molecule has 0 amide bonds. The third kappa shape index (κ3) is 5.45. The summed E-state index contributed by atoms with van der Waals surface area (Å²) >= 11 is 6.38. The Hall–Kier alpha value is -0.540. The van der Waals surface area contributed by atoms with Crippen molar-refractivity contribution in [2.24, 2.45) is 0 Å². The minimum absolute atomic E-state index is 0.192. The van der Waals surface area contributed by atoms with Gasteiger partial charge in [-0.1, -0.05) is 44.4 Å². The molecular weight excluding hydrogens is 299 g/mol. The molecule has 2 N–H and O–H groups in total. The summed E-state index contributed by atoms with van der Waals surface area (Å²) in [6, 6.07) is 3.40. The van der Waals surface area contributed by atoms with Crippen LogP contribution in [0.4, 0.5) is 0 Å². The third-order valence-corrected chi connectivity index (χ3v) is 3.98. The van der Waals surface area contributed by atoms with Crippen LogP contribution < -0.4 is 4.52 Å². The molecule has 6 heteroatoms. The molecule has 0 fully saturated rings. The van der Waals surface area contributed by atoms with Crippen molar-refractivity contribution in [1.29, 1.82) is 0 Å². The van der Waals surface area contributed by atoms with E-state index in [1.165, 1.54) is 0 Å². The minimum Gasteiger partial charge on any atom is -0.404 e. The molecule has 1 aromatic rings. The summed E-state index contributed by atoms with van der Waals surface area (Å²) in [7, 11) is -4.56. The van der Waals surface area contributed by atoms with Crippen molar-refractivity contribution in [1.82, 2.24) is 0 Å². The second-order valence-electron chi connectivity index (χ2n) is 4.80. The van der Waals surface area contributed by atoms with Gasteiger partial charge in [0.25, 0.3) is 0 Å². The average molecular weight is 321 g/mol. The maximum Gasteiger partial charge on any atom is 0.524 e. The monoisotopic (exact) mass is 320 g/mol. The van der Waals surface area contributed by atoms with Crippen LogP contribution in [0.2, 0.25) is 5.02 Å². The van der Waals surface area contributed by atoms with Crippen molar-refractivity contribution in [3.8, 4) is 5.75 Å². The Morgan fingerprint density at radius 1 is 1.15 bits per heavy atom. The van der Waals surface area contributed by atoms with Crippen LogP contribution in [-0.4, -0.2) is 9.79 Å². The topological polar surface area (TPSA) is 66.8 Å². The highest BCUT2D eigenvalue weighted by molar-refractivity contribution is 7.46. The minimum atomic E-state index is -4.56. The molecule has 0 saturated heterocycles. The highest BCUT2D eigenvalue weighted by Crippen LogP contribution is 2.42. The van der Waals surface area contributed by atoms with Gasteiger partial charge in [0.05, 0.1) is 5.02 Å². The highest BCUT2D eigenvalue weighted by atomic mass is 35.5. The maximum atomic E-state index is 11.0. The third-order valence-electron chi connectivity index (χ3n) is 3.08. The number of hydrogen-bond acceptors (Lipinski definition) is 2. The van der Waals surface area contributed by atoms with Gasteiger partial charge in [-0.15, -0.1) is 0 Å². The molecule has 0 bridgehead atoms. The zero-order chi connectivity index (χ0) is 15.2. The van der Waals surface area contributed by atoms with Crippen LogP contribution in [0.15, 0.2) is 12.1 Å². The van der Waals surface area contributed by atoms with Gasteiger partial charge in [-0.3, -0.25) is 9.79 Å². The number of hydrogen-bond donors (Lipinski definition) is 2. The zero-order valence-electron chi connectivity index (χ0n) is 11.9. The molecule has 114 valence electrons. The largest absolute Gasteiger partial charge is 0.524 e. The number of benzene rings is 1. The predicted octanol–water partition coefficient (Wildman–Crippen LogP) is 4.50. The van der Waals surface area contributed by atoms with Gasteiger partial charge in [0, 0.05) is 5.56 Å². The molecule has 1 aromatic carbocycles. The van der Waals surface area contributed by atoms with Crippen molar-refractivity contribution in [2.75, 3.05) is 0 Å². The molecule has 0 heterocycles. The standard InChI is InChI=1S/C14H22ClO4P/c1-3-5-7-11-9-10-13(19-20(16,17)18)12(14(11)15)8-6-4-2/h9-10H,3-8H2,1-2H3,(H2,16,17,18). The molecule has 0 saturated carbocycles. The highest BCUT2D eigenvalue weighted by Gasteiger charge is 2.20. The van der Waals surface area contributed by atoms with Crippen LogP contribution in [0.1, 0.15) is 50.7 Å². The van der Waals surface area contributed by atoms with Gasteiger partial charge in [-0.25, -0.2) is 4.57 Å². The van der Waals surface area contributed by atoms with E-state index in [4.69, 9.17) is 25.9 Å². The van der Waals surface area contributed by atoms with Gasteiger partial charge in [0.1, 0.15) is 5.75 Å². The van der Waals surface area contributed by atoms with Gasteiger partial charge < -0.3 is 4.52 Å². The molecule has 0 atom stereocenters. The molecule has 0 aliphatic heterocycles. The van der Waals surface area contributed by atoms with Gasteiger partial charge in [0.2, 0.25) is 0 Å². The zero-order valence-corrected chi connectivity index (χ0v) is 13.6. The van der Waals surface area contributed by atoms with E-state index in [9.17, 15) is 4.57 Å². The lowest BCUT2D eigenvalue weighted by Gasteiger charge is -2.16. The number of aryl methyl sites for hydroxylation is 1. The van der Waals surface area contributed by atoms with E-state index in [1.54, 1.807) is 12.1 Å². The number of rotatable bonds is 8. The Labute approximate surface area is 125 Å². The summed E-state index contributed by atoms with van der Waals surface area (Å²) in [4.78, 5) is 17.9. The van der Waals surface area contributed by atoms with E-state index >= 15 is 0 Å². The first-order valence-electron chi connectivity index (χ1n) is 6.94. The van der Waals surface area contributed by atoms with Crippen molar-refractivity contribution in [2.45, 2.75) is 52.4 Å². The molecule has 0 unspecified atom stereocenters. The predicted molar refractivity (Wildman–Crippen MR) is 81.3 cm³/mol. The molecule has 0 aliphatic carbocycles. The van der Waals surface area contributed by atoms with Crippen LogP contribution in [-0.2, 0) is 17.4 Å². The van der Waals surface area contributed by atoms with E-state index in [0.29, 0.717) is 17.0 Å². The average Bonchev–Trinajstić information content (AvgIpc) is 2.36. The SMILES string of the molecule is CCCCc1ccc(OP(=O)(O)O)c(CCCC)c1Cl. The molecule has 0 aliphatic rings. The number of phosphoric ester groups is 1. The lowest BCUT2D eigenvalue weighted by atomic mass is 10.0. The fraction of sp³-hybridized carbons (Fsp3) is 0.571. The van der Waals surface area contributed by atoms with Gasteiger partial charge >= 0.3 is 7.82 Å². The lowest BCUT2D eigenvalue weighted by Crippen LogP contribution is -1.99. The molecule has 20 heavy (non-hydrogen) atoms. The van der Waals surface area contributed by atoms with E-state index < -0.39 is 7.82 Å². The van der Waals surface area contributed by atoms with Crippen LogP contribution in [0.5, 0.6) is 5.75 Å². The quantitative estimate of drug-likeness (QED) is 0.692. The first kappa shape index (κ1) is 17.5. The van der Waals surface area contributed by atoms with Gasteiger partial charge in [0.15, 0.2) is 0 Å². The molecule has 0 spiro atoms. The first-order chi connectivity index (χ1) is 9.39. The van der Waals surface area contributed by atoms with Gasteiger partial charge in [-0.2, -0.15) is 0 Å². The number of phosphoric acid groups is 1. The van der Waals surface area contributed by atoms with Crippen LogP contribution in [0.3, 0.4) is 0 Å². The summed E-state index contributed by atoms with van der Waals surface area (Å²) in [6.07, 6.45) is 5.50. The second-order valence-corrected chi connectivity index (χ2v) is 6.35. The first-order valence-corrected chi connectivity index (χ1v) is 8.85. The molecular formula is C14H22ClO4P. The summed E-state index contributed by atoms with van der Waals surface area (Å²) < 4.78 is 15.8. The summed E-state index contributed by atoms with van der Waals surface area (Å²) in [5.74, 6) is 0.192. The van der Waals surface area contributed by atoms with E-state index in [0.717, 1.165) is 37.7 Å². The van der Waals surface area contributed by atoms with Crippen LogP contribution in [0, 0.1) is 0 Å². The van der Waals surface area contributed by atoms with Crippen molar-refractivity contribution in [3.05, 3.63) is 28.3 Å². The fourth-order valence-electron chi connectivity index (χ4n) is 2.01. The number of halogens is 1. The normalized spacial score (nSPS) is 11.7. The second kappa shape index (κ2) is 8.04. The van der Waals surface area contributed by atoms with Crippen molar-refractivity contribution in [3.63, 3.8) is 0 Å². The summed E-state index contributed by atoms with van der Waals surface area (Å²) in [6.45, 7) is 4.16. The summed E-state index contributed by atoms with van der Waals surface area (Å²) in [5.41, 5.74) is 1.71. The molecule has 1 rings (SSSR count). The maximum absolute atomic E-state index is 11.0. The number of unbranched alkanes of at least 4 members (excludes halogenated alkanes) is 2. The lowest BCUT2D eigenvalue weighted by molar-refractivity contribution is 0.282. The Kier molecular flexibility index (Phi) is 7.04. The molecule has 0 aromatic heterocycles. The Morgan fingerprint density at radius 2 is 1.75 bits per heavy atom. The molecule has 0 radical (unpaired) electrons. The Morgan fingerprint density at radius 3 is 2.30 bits per heavy atom. The molecule has 4 nitrogen and oxygen atoms in total. The van der Waals surface area contributed by atoms with E-state index in [2.05, 4.69) is 13.8 Å².